The molecule has 2 heterocycles. The molecule has 0 radical (unpaired) electrons. The molecular formula is C11H10N2O2S. The molecule has 2 aromatic heterocycles. The summed E-state index contributed by atoms with van der Waals surface area (Å²) < 4.78 is 0. The molecule has 0 aromatic carbocycles. The minimum Gasteiger partial charge on any atom is -0.478 e. The van der Waals surface area contributed by atoms with E-state index < -0.39 is 5.97 Å². The van der Waals surface area contributed by atoms with Crippen molar-refractivity contribution in [3.8, 4) is 0 Å². The van der Waals surface area contributed by atoms with Crippen molar-refractivity contribution >= 4 is 23.1 Å². The first-order valence-corrected chi connectivity index (χ1v) is 5.59. The lowest BCUT2D eigenvalue weighted by Gasteiger charge is -2.03. The van der Waals surface area contributed by atoms with Crippen molar-refractivity contribution < 1.29 is 9.90 Å². The number of hydrogen-bond acceptors (Lipinski definition) is 4. The van der Waals surface area contributed by atoms with Gasteiger partial charge in [-0.05, 0) is 23.6 Å². The normalized spacial score (nSPS) is 10.0. The first kappa shape index (κ1) is 10.6. The number of thiophene rings is 1. The summed E-state index contributed by atoms with van der Waals surface area (Å²) >= 11 is 1.67. The zero-order chi connectivity index (χ0) is 11.4. The number of carboxylic acids is 1. The predicted molar refractivity (Wildman–Crippen MR) is 62.8 cm³/mol. The van der Waals surface area contributed by atoms with E-state index in [2.05, 4.69) is 10.3 Å². The molecule has 2 rings (SSSR count). The second kappa shape index (κ2) is 4.76. The summed E-state index contributed by atoms with van der Waals surface area (Å²) in [5, 5.41) is 13.8. The van der Waals surface area contributed by atoms with Crippen LogP contribution in [0.15, 0.2) is 35.8 Å². The van der Waals surface area contributed by atoms with Crippen LogP contribution in [-0.2, 0) is 6.54 Å². The standard InChI is InChI=1S/C11H10N2O2S/c14-11(15)8-3-4-10(12-6-8)13-7-9-2-1-5-16-9/h1-6H,7H2,(H,12,13)(H,14,15). The number of anilines is 1. The largest absolute Gasteiger partial charge is 0.478 e. The second-order valence-electron chi connectivity index (χ2n) is 3.17. The van der Waals surface area contributed by atoms with Gasteiger partial charge in [-0.3, -0.25) is 0 Å². The zero-order valence-corrected chi connectivity index (χ0v) is 9.20. The van der Waals surface area contributed by atoms with E-state index >= 15 is 0 Å². The van der Waals surface area contributed by atoms with Crippen molar-refractivity contribution in [2.75, 3.05) is 5.32 Å². The Bertz CT molecular complexity index is 465. The van der Waals surface area contributed by atoms with Crippen molar-refractivity contribution in [3.05, 3.63) is 46.3 Å². The Morgan fingerprint density at radius 3 is 2.88 bits per heavy atom. The van der Waals surface area contributed by atoms with Crippen LogP contribution in [0.1, 0.15) is 15.2 Å². The first-order chi connectivity index (χ1) is 7.75. The molecule has 0 spiro atoms. The molecule has 0 unspecified atom stereocenters. The average molecular weight is 234 g/mol. The Morgan fingerprint density at radius 2 is 2.31 bits per heavy atom. The average Bonchev–Trinajstić information content (AvgIpc) is 2.80. The molecule has 0 fully saturated rings. The highest BCUT2D eigenvalue weighted by Gasteiger charge is 2.02. The van der Waals surface area contributed by atoms with Gasteiger partial charge in [0.1, 0.15) is 5.82 Å². The molecule has 2 aromatic rings. The van der Waals surface area contributed by atoms with E-state index in [4.69, 9.17) is 5.11 Å². The maximum atomic E-state index is 10.6. The van der Waals surface area contributed by atoms with Gasteiger partial charge in [-0.1, -0.05) is 6.07 Å². The molecule has 0 aliphatic heterocycles. The molecule has 0 aliphatic rings. The Balaban J connectivity index is 1.98. The highest BCUT2D eigenvalue weighted by atomic mass is 32.1. The van der Waals surface area contributed by atoms with Crippen LogP contribution in [0.25, 0.3) is 0 Å². The number of nitrogens with one attached hydrogen (secondary N) is 1. The molecule has 0 amide bonds. The zero-order valence-electron chi connectivity index (χ0n) is 8.38. The lowest BCUT2D eigenvalue weighted by Crippen LogP contribution is -2.02. The Morgan fingerprint density at radius 1 is 1.44 bits per heavy atom. The third kappa shape index (κ3) is 2.58. The van der Waals surface area contributed by atoms with Crippen LogP contribution in [0, 0.1) is 0 Å². The summed E-state index contributed by atoms with van der Waals surface area (Å²) in [5.41, 5.74) is 0.196. The van der Waals surface area contributed by atoms with E-state index in [1.54, 1.807) is 17.4 Å². The van der Waals surface area contributed by atoms with Crippen LogP contribution in [0.4, 0.5) is 5.82 Å². The molecule has 0 bridgehead atoms. The van der Waals surface area contributed by atoms with Crippen molar-refractivity contribution in [1.29, 1.82) is 0 Å². The number of aromatic carboxylic acids is 1. The summed E-state index contributed by atoms with van der Waals surface area (Å²) in [5.74, 6) is -0.282. The smallest absolute Gasteiger partial charge is 0.337 e. The van der Waals surface area contributed by atoms with Crippen LogP contribution in [0.2, 0.25) is 0 Å². The maximum Gasteiger partial charge on any atom is 0.337 e. The molecule has 2 N–H and O–H groups in total. The Labute approximate surface area is 96.6 Å². The fourth-order valence-electron chi connectivity index (χ4n) is 1.22. The van der Waals surface area contributed by atoms with Gasteiger partial charge in [-0.2, -0.15) is 0 Å². The summed E-state index contributed by atoms with van der Waals surface area (Å²) in [6.45, 7) is 0.705. The lowest BCUT2D eigenvalue weighted by molar-refractivity contribution is 0.0696. The van der Waals surface area contributed by atoms with Gasteiger partial charge in [-0.15, -0.1) is 11.3 Å². The molecule has 0 atom stereocenters. The summed E-state index contributed by atoms with van der Waals surface area (Å²) in [7, 11) is 0. The van der Waals surface area contributed by atoms with E-state index in [0.29, 0.717) is 12.4 Å². The van der Waals surface area contributed by atoms with Gasteiger partial charge in [-0.25, -0.2) is 9.78 Å². The minimum absolute atomic E-state index is 0.196. The van der Waals surface area contributed by atoms with Crippen LogP contribution in [0.3, 0.4) is 0 Å². The van der Waals surface area contributed by atoms with E-state index in [-0.39, 0.29) is 5.56 Å². The molecule has 82 valence electrons. The quantitative estimate of drug-likeness (QED) is 0.853. The maximum absolute atomic E-state index is 10.6. The lowest BCUT2D eigenvalue weighted by atomic mass is 10.3. The topological polar surface area (TPSA) is 62.2 Å². The number of carboxylic acid groups (broad SMARTS) is 1. The van der Waals surface area contributed by atoms with Gasteiger partial charge in [0, 0.05) is 11.1 Å². The number of rotatable bonds is 4. The van der Waals surface area contributed by atoms with E-state index in [0.717, 1.165) is 0 Å². The third-order valence-electron chi connectivity index (χ3n) is 2.03. The predicted octanol–water partition coefficient (Wildman–Crippen LogP) is 2.45. The van der Waals surface area contributed by atoms with Crippen molar-refractivity contribution in [2.45, 2.75) is 6.54 Å². The van der Waals surface area contributed by atoms with Crippen LogP contribution in [-0.4, -0.2) is 16.1 Å². The van der Waals surface area contributed by atoms with Gasteiger partial charge < -0.3 is 10.4 Å². The monoisotopic (exact) mass is 234 g/mol. The fraction of sp³-hybridized carbons (Fsp3) is 0.0909. The van der Waals surface area contributed by atoms with Crippen LogP contribution < -0.4 is 5.32 Å². The first-order valence-electron chi connectivity index (χ1n) is 4.71. The molecule has 4 nitrogen and oxygen atoms in total. The van der Waals surface area contributed by atoms with Crippen molar-refractivity contribution in [2.24, 2.45) is 0 Å². The summed E-state index contributed by atoms with van der Waals surface area (Å²) in [4.78, 5) is 15.8. The van der Waals surface area contributed by atoms with Gasteiger partial charge in [0.15, 0.2) is 0 Å². The van der Waals surface area contributed by atoms with Gasteiger partial charge in [0.25, 0.3) is 0 Å². The van der Waals surface area contributed by atoms with E-state index in [1.165, 1.54) is 17.1 Å². The molecule has 0 saturated heterocycles. The summed E-state index contributed by atoms with van der Waals surface area (Å²) in [6, 6.07) is 7.22. The minimum atomic E-state index is -0.961. The molecule has 0 aliphatic carbocycles. The number of hydrogen-bond donors (Lipinski definition) is 2. The third-order valence-corrected chi connectivity index (χ3v) is 2.91. The van der Waals surface area contributed by atoms with Gasteiger partial charge in [0.2, 0.25) is 0 Å². The highest BCUT2D eigenvalue weighted by molar-refractivity contribution is 7.09. The molecule has 0 saturated carbocycles. The number of aromatic nitrogens is 1. The molecular weight excluding hydrogens is 224 g/mol. The van der Waals surface area contributed by atoms with Gasteiger partial charge in [0.05, 0.1) is 12.1 Å². The van der Waals surface area contributed by atoms with Crippen LogP contribution in [0.5, 0.6) is 0 Å². The van der Waals surface area contributed by atoms with Gasteiger partial charge >= 0.3 is 5.97 Å². The second-order valence-corrected chi connectivity index (χ2v) is 4.20. The fourth-order valence-corrected chi connectivity index (χ4v) is 1.86. The molecule has 16 heavy (non-hydrogen) atoms. The number of carbonyl (C=O) groups is 1. The Kier molecular flexibility index (Phi) is 3.16. The van der Waals surface area contributed by atoms with E-state index in [1.807, 2.05) is 17.5 Å². The summed E-state index contributed by atoms with van der Waals surface area (Å²) in [6.07, 6.45) is 1.35. The van der Waals surface area contributed by atoms with E-state index in [9.17, 15) is 4.79 Å². The van der Waals surface area contributed by atoms with Crippen LogP contribution >= 0.6 is 11.3 Å². The molecule has 5 heteroatoms. The SMILES string of the molecule is O=C(O)c1ccc(NCc2cccs2)nc1. The van der Waals surface area contributed by atoms with Crippen molar-refractivity contribution in [3.63, 3.8) is 0 Å². The number of pyridine rings is 1. The van der Waals surface area contributed by atoms with Crippen molar-refractivity contribution in [1.82, 2.24) is 4.98 Å². The number of nitrogens with zero attached hydrogens (tertiary/aromatic N) is 1. The Hall–Kier alpha value is -1.88. The highest BCUT2D eigenvalue weighted by Crippen LogP contribution is 2.11.